The number of carboxylic acid groups (broad SMARTS) is 3. The van der Waals surface area contributed by atoms with E-state index in [0.717, 1.165) is 6.92 Å². The second-order valence-corrected chi connectivity index (χ2v) is 6.87. The minimum atomic E-state index is -1.83. The minimum Gasteiger partial charge on any atom is -0.481 e. The fourth-order valence-electron chi connectivity index (χ4n) is 2.19. The number of aliphatic hydroxyl groups is 1. The molecule has 0 spiro atoms. The molecule has 15 heteroatoms. The summed E-state index contributed by atoms with van der Waals surface area (Å²) in [7, 11) is 0. The van der Waals surface area contributed by atoms with Crippen molar-refractivity contribution in [2.24, 2.45) is 5.73 Å². The highest BCUT2D eigenvalue weighted by Gasteiger charge is 2.33. The van der Waals surface area contributed by atoms with Crippen LogP contribution in [-0.2, 0) is 28.8 Å². The molecule has 0 aromatic carbocycles. The van der Waals surface area contributed by atoms with E-state index in [4.69, 9.17) is 21.1 Å². The molecule has 0 aliphatic carbocycles. The molecule has 0 aliphatic rings. The number of rotatable bonds is 14. The van der Waals surface area contributed by atoms with E-state index >= 15 is 0 Å². The summed E-state index contributed by atoms with van der Waals surface area (Å²) in [5.74, 6) is -7.57. The van der Waals surface area contributed by atoms with Crippen molar-refractivity contribution < 1.29 is 49.2 Å². The summed E-state index contributed by atoms with van der Waals surface area (Å²) in [6.07, 6.45) is -3.42. The van der Waals surface area contributed by atoms with E-state index in [9.17, 15) is 33.9 Å². The van der Waals surface area contributed by atoms with E-state index in [0.29, 0.717) is 0 Å². The summed E-state index contributed by atoms with van der Waals surface area (Å²) >= 11 is 3.84. The van der Waals surface area contributed by atoms with Gasteiger partial charge in [0.2, 0.25) is 17.7 Å². The van der Waals surface area contributed by atoms with E-state index < -0.39 is 78.7 Å². The number of carboxylic acids is 3. The lowest BCUT2D eigenvalue weighted by Gasteiger charge is -2.26. The Balaban J connectivity index is 5.45. The molecule has 0 heterocycles. The van der Waals surface area contributed by atoms with Crippen molar-refractivity contribution in [2.75, 3.05) is 5.75 Å². The zero-order valence-electron chi connectivity index (χ0n) is 16.5. The van der Waals surface area contributed by atoms with Gasteiger partial charge in [-0.15, -0.1) is 0 Å². The van der Waals surface area contributed by atoms with Crippen LogP contribution in [0.3, 0.4) is 0 Å². The van der Waals surface area contributed by atoms with Gasteiger partial charge in [0.05, 0.1) is 18.6 Å². The van der Waals surface area contributed by atoms with Gasteiger partial charge in [0, 0.05) is 12.2 Å². The number of nitrogens with two attached hydrogens (primary N) is 1. The Labute approximate surface area is 182 Å². The Bertz CT molecular complexity index is 702. The summed E-state index contributed by atoms with van der Waals surface area (Å²) in [6.45, 7) is 1.10. The number of thiol groups is 1. The molecule has 0 radical (unpaired) electrons. The molecule has 0 fully saturated rings. The van der Waals surface area contributed by atoms with Gasteiger partial charge in [-0.05, 0) is 13.3 Å². The number of hydrogen-bond donors (Lipinski definition) is 9. The first kappa shape index (κ1) is 28.1. The van der Waals surface area contributed by atoms with Crippen LogP contribution < -0.4 is 21.7 Å². The molecular formula is C16H26N4O10S. The maximum absolute atomic E-state index is 12.5. The molecule has 0 saturated carbocycles. The Morgan fingerprint density at radius 2 is 1.42 bits per heavy atom. The summed E-state index contributed by atoms with van der Waals surface area (Å²) < 4.78 is 0. The molecule has 0 rings (SSSR count). The number of carbonyl (C=O) groups is 6. The average molecular weight is 466 g/mol. The van der Waals surface area contributed by atoms with Gasteiger partial charge >= 0.3 is 17.9 Å². The second kappa shape index (κ2) is 13.4. The van der Waals surface area contributed by atoms with Crippen LogP contribution in [0.1, 0.15) is 26.2 Å². The Kier molecular flexibility index (Phi) is 12.1. The van der Waals surface area contributed by atoms with E-state index in [1.54, 1.807) is 0 Å². The maximum atomic E-state index is 12.5. The predicted octanol–water partition coefficient (Wildman–Crippen LogP) is -3.50. The summed E-state index contributed by atoms with van der Waals surface area (Å²) in [5, 5.41) is 42.6. The Morgan fingerprint density at radius 1 is 0.871 bits per heavy atom. The molecule has 3 amide bonds. The smallest absolute Gasteiger partial charge is 0.326 e. The maximum Gasteiger partial charge on any atom is 0.326 e. The topological polar surface area (TPSA) is 245 Å². The Morgan fingerprint density at radius 3 is 1.84 bits per heavy atom. The fraction of sp³-hybridized carbons (Fsp3) is 0.625. The number of carbonyl (C=O) groups excluding carboxylic acids is 3. The van der Waals surface area contributed by atoms with Crippen LogP contribution in [0.5, 0.6) is 0 Å². The van der Waals surface area contributed by atoms with E-state index in [2.05, 4.69) is 23.3 Å². The highest BCUT2D eigenvalue weighted by Crippen LogP contribution is 2.03. The third-order valence-corrected chi connectivity index (χ3v) is 4.26. The van der Waals surface area contributed by atoms with Gasteiger partial charge < -0.3 is 42.1 Å². The molecular weight excluding hydrogens is 440 g/mol. The number of amides is 3. The van der Waals surface area contributed by atoms with Gasteiger partial charge in [0.15, 0.2) is 0 Å². The lowest BCUT2D eigenvalue weighted by molar-refractivity contribution is -0.148. The summed E-state index contributed by atoms with van der Waals surface area (Å²) in [4.78, 5) is 69.5. The highest BCUT2D eigenvalue weighted by molar-refractivity contribution is 7.80. The van der Waals surface area contributed by atoms with Crippen molar-refractivity contribution in [1.82, 2.24) is 16.0 Å². The zero-order valence-corrected chi connectivity index (χ0v) is 17.4. The number of aliphatic hydroxyl groups excluding tert-OH is 1. The van der Waals surface area contributed by atoms with Crippen LogP contribution in [0, 0.1) is 0 Å². The molecule has 0 aromatic rings. The third-order valence-electron chi connectivity index (χ3n) is 3.87. The van der Waals surface area contributed by atoms with Crippen molar-refractivity contribution in [1.29, 1.82) is 0 Å². The molecule has 5 unspecified atom stereocenters. The van der Waals surface area contributed by atoms with E-state index in [1.165, 1.54) is 0 Å². The monoisotopic (exact) mass is 466 g/mol. The average Bonchev–Trinajstić information content (AvgIpc) is 2.66. The van der Waals surface area contributed by atoms with Crippen molar-refractivity contribution >= 4 is 48.3 Å². The molecule has 14 nitrogen and oxygen atoms in total. The van der Waals surface area contributed by atoms with Crippen molar-refractivity contribution in [3.63, 3.8) is 0 Å². The first-order chi connectivity index (χ1) is 14.3. The second-order valence-electron chi connectivity index (χ2n) is 6.51. The molecule has 0 aromatic heterocycles. The zero-order chi connectivity index (χ0) is 24.3. The van der Waals surface area contributed by atoms with Gasteiger partial charge in [0.1, 0.15) is 18.1 Å². The van der Waals surface area contributed by atoms with Gasteiger partial charge in [-0.3, -0.25) is 24.0 Å². The highest BCUT2D eigenvalue weighted by atomic mass is 32.1. The van der Waals surface area contributed by atoms with Crippen molar-refractivity contribution in [3.05, 3.63) is 0 Å². The molecule has 176 valence electrons. The van der Waals surface area contributed by atoms with Crippen LogP contribution in [0.4, 0.5) is 0 Å². The van der Waals surface area contributed by atoms with Crippen LogP contribution in [0.25, 0.3) is 0 Å². The lowest BCUT2D eigenvalue weighted by Crippen LogP contribution is -2.60. The summed E-state index contributed by atoms with van der Waals surface area (Å²) in [6, 6.07) is -6.12. The van der Waals surface area contributed by atoms with Gasteiger partial charge in [0.25, 0.3) is 0 Å². The van der Waals surface area contributed by atoms with E-state index in [-0.39, 0.29) is 12.2 Å². The lowest BCUT2D eigenvalue weighted by atomic mass is 10.1. The van der Waals surface area contributed by atoms with Crippen LogP contribution >= 0.6 is 12.6 Å². The standard InChI is InChI=1S/C16H26N4O10S/c1-6(21)12(15(28)19-9(16(29)30)4-11(24)25)20-14(27)8(2-3-10(22)23)18-13(26)7(17)5-31/h6-9,12,21,31H,2-5,17H2,1H3,(H,18,26)(H,19,28)(H,20,27)(H,22,23)(H,24,25)(H,29,30). The van der Waals surface area contributed by atoms with Gasteiger partial charge in [-0.2, -0.15) is 12.6 Å². The van der Waals surface area contributed by atoms with Crippen LogP contribution in [0.15, 0.2) is 0 Å². The summed E-state index contributed by atoms with van der Waals surface area (Å²) in [5.41, 5.74) is 5.50. The number of nitrogens with one attached hydrogen (secondary N) is 3. The fourth-order valence-corrected chi connectivity index (χ4v) is 2.36. The number of aliphatic carboxylic acids is 3. The van der Waals surface area contributed by atoms with Crippen molar-refractivity contribution in [3.8, 4) is 0 Å². The normalized spacial score (nSPS) is 15.5. The van der Waals surface area contributed by atoms with E-state index in [1.807, 2.05) is 5.32 Å². The number of hydrogen-bond acceptors (Lipinski definition) is 9. The van der Waals surface area contributed by atoms with Gasteiger partial charge in [-0.1, -0.05) is 0 Å². The quantitative estimate of drug-likeness (QED) is 0.114. The SMILES string of the molecule is CC(O)C(NC(=O)C(CCC(=O)O)NC(=O)C(N)CS)C(=O)NC(CC(=O)O)C(=O)O. The predicted molar refractivity (Wildman–Crippen MR) is 106 cm³/mol. The first-order valence-electron chi connectivity index (χ1n) is 8.92. The van der Waals surface area contributed by atoms with Crippen LogP contribution in [0.2, 0.25) is 0 Å². The molecule has 0 bridgehead atoms. The minimum absolute atomic E-state index is 0.0715. The first-order valence-corrected chi connectivity index (χ1v) is 9.55. The molecule has 0 aliphatic heterocycles. The molecule has 9 N–H and O–H groups in total. The van der Waals surface area contributed by atoms with Crippen molar-refractivity contribution in [2.45, 2.75) is 56.5 Å². The third kappa shape index (κ3) is 10.6. The molecule has 31 heavy (non-hydrogen) atoms. The largest absolute Gasteiger partial charge is 0.481 e. The van der Waals surface area contributed by atoms with Gasteiger partial charge in [-0.25, -0.2) is 4.79 Å². The molecule has 5 atom stereocenters. The Hall–Kier alpha value is -2.91. The van der Waals surface area contributed by atoms with Crippen LogP contribution in [-0.4, -0.2) is 92.1 Å². The molecule has 0 saturated heterocycles.